The van der Waals surface area contributed by atoms with E-state index in [-0.39, 0.29) is 5.28 Å². The predicted octanol–water partition coefficient (Wildman–Crippen LogP) is 1.56. The Balaban J connectivity index is 2.09. The normalized spacial score (nSPS) is 16.9. The van der Waals surface area contributed by atoms with E-state index in [1.54, 1.807) is 6.20 Å². The van der Waals surface area contributed by atoms with Gasteiger partial charge < -0.3 is 4.90 Å². The number of nitrogens with zero attached hydrogens (tertiary/aromatic N) is 4. The monoisotopic (exact) mass is 255 g/mol. The third kappa shape index (κ3) is 1.72. The Morgan fingerprint density at radius 2 is 2.12 bits per heavy atom. The zero-order valence-corrected chi connectivity index (χ0v) is 10.1. The van der Waals surface area contributed by atoms with Crippen molar-refractivity contribution in [2.45, 2.75) is 0 Å². The van der Waals surface area contributed by atoms with Crippen LogP contribution in [0.4, 0.5) is 5.82 Å². The van der Waals surface area contributed by atoms with Crippen molar-refractivity contribution in [2.24, 2.45) is 0 Å². The molecule has 0 bridgehead atoms. The van der Waals surface area contributed by atoms with E-state index in [9.17, 15) is 0 Å². The average molecular weight is 256 g/mol. The average Bonchev–Trinajstić information content (AvgIpc) is 2.77. The molecule has 0 radical (unpaired) electrons. The Morgan fingerprint density at radius 1 is 1.31 bits per heavy atom. The van der Waals surface area contributed by atoms with Gasteiger partial charge in [0.2, 0.25) is 5.28 Å². The second kappa shape index (κ2) is 4.10. The minimum Gasteiger partial charge on any atom is -0.354 e. The Bertz CT molecular complexity index is 508. The van der Waals surface area contributed by atoms with E-state index in [0.717, 1.165) is 35.8 Å². The summed E-state index contributed by atoms with van der Waals surface area (Å²) in [6, 6.07) is 0. The van der Waals surface area contributed by atoms with Crippen LogP contribution >= 0.6 is 23.4 Å². The van der Waals surface area contributed by atoms with Gasteiger partial charge in [0, 0.05) is 24.6 Å². The highest BCUT2D eigenvalue weighted by Gasteiger charge is 2.17. The van der Waals surface area contributed by atoms with E-state index in [1.807, 2.05) is 11.8 Å². The molecule has 0 aliphatic carbocycles. The van der Waals surface area contributed by atoms with Gasteiger partial charge >= 0.3 is 0 Å². The van der Waals surface area contributed by atoms with E-state index in [2.05, 4.69) is 25.1 Å². The van der Waals surface area contributed by atoms with E-state index >= 15 is 0 Å². The van der Waals surface area contributed by atoms with Gasteiger partial charge in [0.15, 0.2) is 5.65 Å². The summed E-state index contributed by atoms with van der Waals surface area (Å²) in [5.74, 6) is 3.14. The molecule has 3 rings (SSSR count). The van der Waals surface area contributed by atoms with Crippen molar-refractivity contribution in [3.05, 3.63) is 11.5 Å². The molecule has 5 nitrogen and oxygen atoms in total. The number of halogens is 1. The number of hydrogen-bond donors (Lipinski definition) is 1. The summed E-state index contributed by atoms with van der Waals surface area (Å²) in [5.41, 5.74) is 0.702. The van der Waals surface area contributed by atoms with Crippen LogP contribution in [0.1, 0.15) is 0 Å². The number of aromatic nitrogens is 4. The molecule has 0 atom stereocenters. The first-order valence-electron chi connectivity index (χ1n) is 5.04. The summed E-state index contributed by atoms with van der Waals surface area (Å²) in [4.78, 5) is 10.6. The maximum absolute atomic E-state index is 5.90. The van der Waals surface area contributed by atoms with Crippen LogP contribution in [0.3, 0.4) is 0 Å². The predicted molar refractivity (Wildman–Crippen MR) is 66.2 cm³/mol. The summed E-state index contributed by atoms with van der Waals surface area (Å²) in [6.45, 7) is 2.00. The Kier molecular flexibility index (Phi) is 2.61. The minimum absolute atomic E-state index is 0.268. The molecule has 0 aromatic carbocycles. The van der Waals surface area contributed by atoms with E-state index in [0.29, 0.717) is 5.65 Å². The molecular weight excluding hydrogens is 246 g/mol. The maximum Gasteiger partial charge on any atom is 0.226 e. The quantitative estimate of drug-likeness (QED) is 0.784. The van der Waals surface area contributed by atoms with E-state index in [4.69, 9.17) is 11.6 Å². The first-order valence-corrected chi connectivity index (χ1v) is 6.57. The van der Waals surface area contributed by atoms with Crippen molar-refractivity contribution in [2.75, 3.05) is 29.5 Å². The zero-order chi connectivity index (χ0) is 11.0. The molecule has 1 aliphatic rings. The van der Waals surface area contributed by atoms with Crippen LogP contribution < -0.4 is 4.90 Å². The van der Waals surface area contributed by atoms with Gasteiger partial charge in [-0.1, -0.05) is 0 Å². The van der Waals surface area contributed by atoms with Gasteiger partial charge in [-0.25, -0.2) is 0 Å². The fraction of sp³-hybridized carbons (Fsp3) is 0.444. The highest BCUT2D eigenvalue weighted by Crippen LogP contribution is 2.25. The van der Waals surface area contributed by atoms with Crippen molar-refractivity contribution in [3.8, 4) is 0 Å². The number of thioether (sulfide) groups is 1. The first kappa shape index (κ1) is 10.2. The summed E-state index contributed by atoms with van der Waals surface area (Å²) in [5, 5.41) is 8.01. The van der Waals surface area contributed by atoms with Crippen LogP contribution in [0.25, 0.3) is 11.0 Å². The van der Waals surface area contributed by atoms with Gasteiger partial charge in [0.25, 0.3) is 0 Å². The van der Waals surface area contributed by atoms with Crippen molar-refractivity contribution in [1.29, 1.82) is 0 Å². The molecule has 3 heterocycles. The second-order valence-corrected chi connectivity index (χ2v) is 5.11. The lowest BCUT2D eigenvalue weighted by atomic mass is 10.3. The van der Waals surface area contributed by atoms with Crippen molar-refractivity contribution in [1.82, 2.24) is 20.2 Å². The number of rotatable bonds is 1. The molecule has 7 heteroatoms. The topological polar surface area (TPSA) is 57.7 Å². The van der Waals surface area contributed by atoms with Crippen molar-refractivity contribution >= 4 is 40.2 Å². The lowest BCUT2D eigenvalue weighted by Crippen LogP contribution is -2.33. The zero-order valence-electron chi connectivity index (χ0n) is 8.48. The lowest BCUT2D eigenvalue weighted by molar-refractivity contribution is 0.842. The molecule has 16 heavy (non-hydrogen) atoms. The molecule has 1 N–H and O–H groups in total. The Labute approximate surface area is 102 Å². The van der Waals surface area contributed by atoms with Crippen LogP contribution in [-0.4, -0.2) is 44.8 Å². The molecule has 0 unspecified atom stereocenters. The van der Waals surface area contributed by atoms with Gasteiger partial charge in [0.05, 0.1) is 11.6 Å². The first-order chi connectivity index (χ1) is 7.84. The number of aromatic amines is 1. The number of anilines is 1. The number of hydrogen-bond acceptors (Lipinski definition) is 5. The van der Waals surface area contributed by atoms with Gasteiger partial charge in [-0.3, -0.25) is 5.10 Å². The highest BCUT2D eigenvalue weighted by atomic mass is 35.5. The fourth-order valence-electron chi connectivity index (χ4n) is 1.81. The number of fused-ring (bicyclic) bond motifs is 1. The van der Waals surface area contributed by atoms with Crippen LogP contribution in [0.5, 0.6) is 0 Å². The third-order valence-electron chi connectivity index (χ3n) is 2.57. The maximum atomic E-state index is 5.90. The van der Waals surface area contributed by atoms with Crippen LogP contribution in [0.2, 0.25) is 5.28 Å². The van der Waals surface area contributed by atoms with Gasteiger partial charge in [0.1, 0.15) is 5.82 Å². The molecule has 1 saturated heterocycles. The van der Waals surface area contributed by atoms with Crippen LogP contribution in [0.15, 0.2) is 6.20 Å². The molecule has 1 aliphatic heterocycles. The molecule has 1 fully saturated rings. The summed E-state index contributed by atoms with van der Waals surface area (Å²) in [6.07, 6.45) is 1.75. The lowest BCUT2D eigenvalue weighted by Gasteiger charge is -2.27. The van der Waals surface area contributed by atoms with Crippen LogP contribution in [0, 0.1) is 0 Å². The number of H-pyrrole nitrogens is 1. The minimum atomic E-state index is 0.268. The summed E-state index contributed by atoms with van der Waals surface area (Å²) >= 11 is 7.86. The fourth-order valence-corrected chi connectivity index (χ4v) is 2.88. The van der Waals surface area contributed by atoms with E-state index in [1.165, 1.54) is 0 Å². The Morgan fingerprint density at radius 3 is 2.94 bits per heavy atom. The smallest absolute Gasteiger partial charge is 0.226 e. The summed E-state index contributed by atoms with van der Waals surface area (Å²) < 4.78 is 0. The summed E-state index contributed by atoms with van der Waals surface area (Å²) in [7, 11) is 0. The third-order valence-corrected chi connectivity index (χ3v) is 3.68. The van der Waals surface area contributed by atoms with Crippen molar-refractivity contribution in [3.63, 3.8) is 0 Å². The SMILES string of the molecule is Clc1nc(N2CCSCC2)c2cn[nH]c2n1. The molecule has 2 aromatic rings. The highest BCUT2D eigenvalue weighted by molar-refractivity contribution is 7.99. The molecule has 84 valence electrons. The largest absolute Gasteiger partial charge is 0.354 e. The standard InChI is InChI=1S/C9H10ClN5S/c10-9-12-7-6(5-11-14-7)8(13-9)15-1-3-16-4-2-15/h5H,1-4H2,(H,11,12,13,14). The molecule has 0 spiro atoms. The van der Waals surface area contributed by atoms with Gasteiger partial charge in [-0.05, 0) is 11.6 Å². The number of nitrogens with one attached hydrogen (secondary N) is 1. The van der Waals surface area contributed by atoms with Gasteiger partial charge in [-0.2, -0.15) is 26.8 Å². The Hall–Kier alpha value is -1.01. The molecule has 0 amide bonds. The van der Waals surface area contributed by atoms with Crippen molar-refractivity contribution < 1.29 is 0 Å². The molecular formula is C9H10ClN5S. The van der Waals surface area contributed by atoms with Gasteiger partial charge in [-0.15, -0.1) is 0 Å². The second-order valence-electron chi connectivity index (χ2n) is 3.55. The van der Waals surface area contributed by atoms with Crippen LogP contribution in [-0.2, 0) is 0 Å². The van der Waals surface area contributed by atoms with E-state index < -0.39 is 0 Å². The molecule has 2 aromatic heterocycles. The molecule has 0 saturated carbocycles.